The number of carbonyl (C=O) groups is 1. The first-order chi connectivity index (χ1) is 11.0. The Labute approximate surface area is 134 Å². The summed E-state index contributed by atoms with van der Waals surface area (Å²) in [6.07, 6.45) is 5.72. The highest BCUT2D eigenvalue weighted by Gasteiger charge is 2.37. The van der Waals surface area contributed by atoms with Crippen molar-refractivity contribution in [1.82, 2.24) is 15.1 Å². The Hall–Kier alpha value is -1.50. The van der Waals surface area contributed by atoms with E-state index in [1.54, 1.807) is 0 Å². The number of likely N-dealkylation sites (tertiary alicyclic amines) is 1. The number of alkyl halides is 2. The fourth-order valence-corrected chi connectivity index (χ4v) is 3.90. The van der Waals surface area contributed by atoms with Gasteiger partial charge in [-0.3, -0.25) is 14.8 Å². The maximum Gasteiger partial charge on any atom is 0.252 e. The molecule has 23 heavy (non-hydrogen) atoms. The Balaban J connectivity index is 1.69. The van der Waals surface area contributed by atoms with Crippen LogP contribution in [-0.4, -0.2) is 40.0 Å². The van der Waals surface area contributed by atoms with Crippen molar-refractivity contribution in [3.63, 3.8) is 0 Å². The maximum absolute atomic E-state index is 13.3. The molecule has 1 aromatic heterocycles. The molecule has 1 aromatic rings. The van der Waals surface area contributed by atoms with Crippen molar-refractivity contribution in [3.05, 3.63) is 17.5 Å². The summed E-state index contributed by atoms with van der Waals surface area (Å²) >= 11 is 0. The minimum absolute atomic E-state index is 0.00718. The zero-order valence-corrected chi connectivity index (χ0v) is 13.2. The van der Waals surface area contributed by atoms with Crippen LogP contribution < -0.4 is 5.73 Å². The highest BCUT2D eigenvalue weighted by Crippen LogP contribution is 2.39. The normalized spacial score (nSPS) is 26.3. The van der Waals surface area contributed by atoms with Crippen molar-refractivity contribution in [2.75, 3.05) is 13.1 Å². The van der Waals surface area contributed by atoms with Crippen molar-refractivity contribution in [3.8, 4) is 0 Å². The summed E-state index contributed by atoms with van der Waals surface area (Å²) in [6, 6.07) is 0.0798. The Kier molecular flexibility index (Phi) is 4.66. The fraction of sp³-hybridized carbons (Fsp3) is 0.750. The smallest absolute Gasteiger partial charge is 0.252 e. The van der Waals surface area contributed by atoms with Crippen LogP contribution in [0.5, 0.6) is 0 Å². The van der Waals surface area contributed by atoms with Crippen LogP contribution in [0, 0.1) is 5.92 Å². The number of carbonyl (C=O) groups excluding carboxylic acids is 1. The van der Waals surface area contributed by atoms with E-state index in [-0.39, 0.29) is 18.9 Å². The van der Waals surface area contributed by atoms with Gasteiger partial charge in [0.05, 0.1) is 23.5 Å². The van der Waals surface area contributed by atoms with Gasteiger partial charge in [-0.2, -0.15) is 5.10 Å². The zero-order chi connectivity index (χ0) is 16.4. The average Bonchev–Trinajstić information content (AvgIpc) is 2.99. The van der Waals surface area contributed by atoms with Gasteiger partial charge in [0.15, 0.2) is 0 Å². The molecule has 1 amide bonds. The molecule has 128 valence electrons. The van der Waals surface area contributed by atoms with Crippen LogP contribution in [0.1, 0.15) is 67.0 Å². The maximum atomic E-state index is 13.3. The summed E-state index contributed by atoms with van der Waals surface area (Å²) in [4.78, 5) is 13.9. The third-order valence-corrected chi connectivity index (χ3v) is 5.21. The molecule has 1 aliphatic carbocycles. The van der Waals surface area contributed by atoms with Crippen molar-refractivity contribution >= 4 is 5.91 Å². The standard InChI is InChI=1S/C16H24F2N4O/c17-16(18)6-4-11(5-7-16)10-22-8-2-1-3-13(22)14-12(15(19)23)9-20-21-14/h9,11,13H,1-8,10H2,(H2,19,23)(H,20,21). The number of piperidine rings is 1. The summed E-state index contributed by atoms with van der Waals surface area (Å²) in [5.41, 5.74) is 6.64. The number of hydrogen-bond acceptors (Lipinski definition) is 3. The number of rotatable bonds is 4. The van der Waals surface area contributed by atoms with E-state index in [0.717, 1.165) is 38.0 Å². The molecule has 0 spiro atoms. The van der Waals surface area contributed by atoms with Gasteiger partial charge in [-0.15, -0.1) is 0 Å². The average molecular weight is 326 g/mol. The molecular formula is C16H24F2N4O. The van der Waals surface area contributed by atoms with E-state index >= 15 is 0 Å². The van der Waals surface area contributed by atoms with Crippen molar-refractivity contribution in [2.45, 2.75) is 56.9 Å². The second kappa shape index (κ2) is 6.55. The second-order valence-corrected chi connectivity index (χ2v) is 6.87. The van der Waals surface area contributed by atoms with E-state index in [4.69, 9.17) is 5.73 Å². The van der Waals surface area contributed by atoms with Crippen LogP contribution in [0.25, 0.3) is 0 Å². The minimum Gasteiger partial charge on any atom is -0.365 e. The summed E-state index contributed by atoms with van der Waals surface area (Å²) in [5.74, 6) is -2.66. The van der Waals surface area contributed by atoms with E-state index in [0.29, 0.717) is 24.3 Å². The third kappa shape index (κ3) is 3.71. The van der Waals surface area contributed by atoms with Gasteiger partial charge in [0.2, 0.25) is 5.92 Å². The number of nitrogens with one attached hydrogen (secondary N) is 1. The highest BCUT2D eigenvalue weighted by molar-refractivity contribution is 5.93. The number of aromatic amines is 1. The summed E-state index contributed by atoms with van der Waals surface area (Å²) < 4.78 is 26.6. The van der Waals surface area contributed by atoms with E-state index in [9.17, 15) is 13.6 Å². The van der Waals surface area contributed by atoms with E-state index in [2.05, 4.69) is 15.1 Å². The van der Waals surface area contributed by atoms with Gasteiger partial charge in [0.25, 0.3) is 5.91 Å². The number of primary amides is 1. The highest BCUT2D eigenvalue weighted by atomic mass is 19.3. The molecule has 7 heteroatoms. The van der Waals surface area contributed by atoms with Crippen LogP contribution in [0.4, 0.5) is 8.78 Å². The lowest BCUT2D eigenvalue weighted by molar-refractivity contribution is -0.0511. The van der Waals surface area contributed by atoms with Gasteiger partial charge >= 0.3 is 0 Å². The quantitative estimate of drug-likeness (QED) is 0.893. The van der Waals surface area contributed by atoms with Gasteiger partial charge in [-0.05, 0) is 38.1 Å². The Morgan fingerprint density at radius 2 is 2.09 bits per heavy atom. The molecule has 1 saturated carbocycles. The summed E-state index contributed by atoms with van der Waals surface area (Å²) in [6.45, 7) is 1.73. The molecule has 1 unspecified atom stereocenters. The molecule has 1 aliphatic heterocycles. The van der Waals surface area contributed by atoms with E-state index < -0.39 is 11.8 Å². The monoisotopic (exact) mass is 326 g/mol. The Bertz CT molecular complexity index is 550. The third-order valence-electron chi connectivity index (χ3n) is 5.21. The molecule has 0 aromatic carbocycles. The van der Waals surface area contributed by atoms with E-state index in [1.807, 2.05) is 0 Å². The van der Waals surface area contributed by atoms with Gasteiger partial charge in [0.1, 0.15) is 0 Å². The fourth-order valence-electron chi connectivity index (χ4n) is 3.90. The molecule has 3 N–H and O–H groups in total. The van der Waals surface area contributed by atoms with Gasteiger partial charge < -0.3 is 5.73 Å². The van der Waals surface area contributed by atoms with Crippen molar-refractivity contribution in [1.29, 1.82) is 0 Å². The molecule has 2 aliphatic rings. The lowest BCUT2D eigenvalue weighted by Gasteiger charge is -2.39. The van der Waals surface area contributed by atoms with Crippen molar-refractivity contribution < 1.29 is 13.6 Å². The minimum atomic E-state index is -2.49. The number of aromatic nitrogens is 2. The molecule has 5 nitrogen and oxygen atoms in total. The molecule has 0 radical (unpaired) electrons. The zero-order valence-electron chi connectivity index (χ0n) is 13.2. The van der Waals surface area contributed by atoms with Crippen LogP contribution in [0.3, 0.4) is 0 Å². The number of amides is 1. The van der Waals surface area contributed by atoms with Crippen LogP contribution >= 0.6 is 0 Å². The summed E-state index contributed by atoms with van der Waals surface area (Å²) in [5, 5.41) is 6.89. The lowest BCUT2D eigenvalue weighted by Crippen LogP contribution is -2.39. The molecule has 2 heterocycles. The Morgan fingerprint density at radius 3 is 2.78 bits per heavy atom. The Morgan fingerprint density at radius 1 is 1.35 bits per heavy atom. The molecule has 1 saturated heterocycles. The second-order valence-electron chi connectivity index (χ2n) is 6.87. The first-order valence-corrected chi connectivity index (χ1v) is 8.41. The molecule has 1 atom stereocenters. The lowest BCUT2D eigenvalue weighted by atomic mass is 9.85. The predicted octanol–water partition coefficient (Wildman–Crippen LogP) is 2.86. The molecule has 2 fully saturated rings. The first-order valence-electron chi connectivity index (χ1n) is 8.41. The predicted molar refractivity (Wildman–Crippen MR) is 82.2 cm³/mol. The number of nitrogens with two attached hydrogens (primary N) is 1. The SMILES string of the molecule is NC(=O)c1cn[nH]c1C1CCCCN1CC1CCC(F)(F)CC1. The van der Waals surface area contributed by atoms with Gasteiger partial charge in [-0.1, -0.05) is 6.42 Å². The number of halogens is 2. The topological polar surface area (TPSA) is 75.0 Å². The van der Waals surface area contributed by atoms with Crippen molar-refractivity contribution in [2.24, 2.45) is 11.7 Å². The summed E-state index contributed by atoms with van der Waals surface area (Å²) in [7, 11) is 0. The molecule has 3 rings (SSSR count). The van der Waals surface area contributed by atoms with Crippen LogP contribution in [0.2, 0.25) is 0 Å². The van der Waals surface area contributed by atoms with Gasteiger partial charge in [-0.25, -0.2) is 8.78 Å². The van der Waals surface area contributed by atoms with Gasteiger partial charge in [0, 0.05) is 19.4 Å². The number of nitrogens with zero attached hydrogens (tertiary/aromatic N) is 2. The van der Waals surface area contributed by atoms with E-state index in [1.165, 1.54) is 6.20 Å². The first kappa shape index (κ1) is 16.4. The number of hydrogen-bond donors (Lipinski definition) is 2. The van der Waals surface area contributed by atoms with Crippen LogP contribution in [0.15, 0.2) is 6.20 Å². The number of H-pyrrole nitrogens is 1. The molecular weight excluding hydrogens is 302 g/mol. The molecule has 0 bridgehead atoms. The largest absolute Gasteiger partial charge is 0.365 e. The van der Waals surface area contributed by atoms with Crippen LogP contribution in [-0.2, 0) is 0 Å².